The number of nitrogens with zero attached hydrogens (tertiary/aromatic N) is 2. The van der Waals surface area contributed by atoms with Gasteiger partial charge in [0.05, 0.1) is 11.4 Å². The van der Waals surface area contributed by atoms with E-state index in [0.29, 0.717) is 0 Å². The van der Waals surface area contributed by atoms with Gasteiger partial charge < -0.3 is 4.90 Å². The molecule has 0 saturated carbocycles. The monoisotopic (exact) mass is 822 g/mol. The van der Waals surface area contributed by atoms with Gasteiger partial charge in [0.25, 0.3) is 0 Å². The molecule has 0 saturated heterocycles. The van der Waals surface area contributed by atoms with Crippen molar-refractivity contribution in [3.63, 3.8) is 0 Å². The Hall–Kier alpha value is -7.29. The van der Waals surface area contributed by atoms with Crippen LogP contribution in [0.2, 0.25) is 0 Å². The zero-order valence-corrected chi connectivity index (χ0v) is 36.8. The molecule has 4 aliphatic rings. The predicted molar refractivity (Wildman–Crippen MR) is 269 cm³/mol. The third-order valence-corrected chi connectivity index (χ3v) is 14.8. The Morgan fingerprint density at radius 3 is 2.02 bits per heavy atom. The van der Waals surface area contributed by atoms with Gasteiger partial charge in [-0.25, -0.2) is 4.99 Å². The molecule has 8 aromatic carbocycles. The van der Waals surface area contributed by atoms with Crippen LogP contribution in [0.1, 0.15) is 94.7 Å². The summed E-state index contributed by atoms with van der Waals surface area (Å²) in [5.74, 6) is 0.509. The van der Waals surface area contributed by atoms with Gasteiger partial charge in [-0.2, -0.15) is 0 Å². The Kier molecular flexibility index (Phi) is 8.95. The number of hydrogen-bond donors (Lipinski definition) is 0. The highest BCUT2D eigenvalue weighted by atomic mass is 15.2. The lowest BCUT2D eigenvalue weighted by atomic mass is 9.62. The number of hydrogen-bond acceptors (Lipinski definition) is 2. The Labute approximate surface area is 377 Å². The normalized spacial score (nSPS) is 17.9. The van der Waals surface area contributed by atoms with E-state index in [4.69, 9.17) is 4.99 Å². The molecule has 3 aliphatic carbocycles. The van der Waals surface area contributed by atoms with Crippen molar-refractivity contribution < 1.29 is 0 Å². The van der Waals surface area contributed by atoms with Gasteiger partial charge in [-0.1, -0.05) is 172 Å². The summed E-state index contributed by atoms with van der Waals surface area (Å²) < 4.78 is 0. The third-order valence-electron chi connectivity index (χ3n) is 14.8. The molecule has 0 spiro atoms. The number of rotatable bonds is 6. The van der Waals surface area contributed by atoms with Crippen LogP contribution in [-0.2, 0) is 18.3 Å². The minimum Gasteiger partial charge on any atom is -0.310 e. The van der Waals surface area contributed by atoms with Gasteiger partial charge in [-0.05, 0) is 145 Å². The van der Waals surface area contributed by atoms with Gasteiger partial charge in [0.15, 0.2) is 0 Å². The fourth-order valence-corrected chi connectivity index (χ4v) is 11.8. The van der Waals surface area contributed by atoms with Crippen molar-refractivity contribution in [2.75, 3.05) is 4.90 Å². The zero-order chi connectivity index (χ0) is 43.1. The molecule has 2 unspecified atom stereocenters. The summed E-state index contributed by atoms with van der Waals surface area (Å²) >= 11 is 0. The number of benzene rings is 8. The molecule has 0 fully saturated rings. The minimum atomic E-state index is -0.151. The summed E-state index contributed by atoms with van der Waals surface area (Å²) in [6, 6.07) is 64.9. The molecule has 64 heavy (non-hydrogen) atoms. The maximum Gasteiger partial charge on any atom is 0.0711 e. The van der Waals surface area contributed by atoms with Crippen molar-refractivity contribution in [3.05, 3.63) is 255 Å². The highest BCUT2D eigenvalue weighted by Crippen LogP contribution is 2.66. The minimum absolute atomic E-state index is 0.151. The standard InChI is InChI=1S/C62H50N2/c1-39(41-19-7-5-8-20-41)35-55(42-21-9-6-10-22-42)63-40(2)43-31-33-51-53(37-43)47-25-13-14-26-48(47)60-58(51)49-27-15-16-28-50(49)59-52-34-32-46(38-54(52)62(3,4)61(59)60)64-56-29-17-11-23-44(56)36-45-24-12-18-30-57(45)64/h5-30,32,34-35,37-38,59,61H,2,31,33,36H2,1,3-4H3/b39-35+,63-55?. The molecule has 0 N–H and O–H groups in total. The zero-order valence-electron chi connectivity index (χ0n) is 36.8. The second kappa shape index (κ2) is 14.9. The second-order valence-electron chi connectivity index (χ2n) is 18.7. The summed E-state index contributed by atoms with van der Waals surface area (Å²) in [7, 11) is 0. The van der Waals surface area contributed by atoms with E-state index in [2.05, 4.69) is 220 Å². The number of allylic oxidation sites excluding steroid dienone is 3. The van der Waals surface area contributed by atoms with Crippen molar-refractivity contribution in [3.8, 4) is 11.1 Å². The molecule has 0 aromatic heterocycles. The van der Waals surface area contributed by atoms with E-state index in [1.54, 1.807) is 0 Å². The summed E-state index contributed by atoms with van der Waals surface area (Å²) in [4.78, 5) is 7.84. The first-order valence-corrected chi connectivity index (χ1v) is 22.9. The number of anilines is 3. The number of aliphatic imine (C=N–C) groups is 1. The molecule has 308 valence electrons. The second-order valence-corrected chi connectivity index (χ2v) is 18.7. The molecular formula is C62H50N2. The third kappa shape index (κ3) is 5.96. The van der Waals surface area contributed by atoms with E-state index in [9.17, 15) is 0 Å². The molecule has 0 radical (unpaired) electrons. The number of para-hydroxylation sites is 2. The van der Waals surface area contributed by atoms with E-state index >= 15 is 0 Å². The molecule has 2 nitrogen and oxygen atoms in total. The van der Waals surface area contributed by atoms with Crippen LogP contribution >= 0.6 is 0 Å². The molecule has 2 atom stereocenters. The highest BCUT2D eigenvalue weighted by Gasteiger charge is 2.52. The topological polar surface area (TPSA) is 15.6 Å². The Morgan fingerprint density at radius 2 is 1.28 bits per heavy atom. The van der Waals surface area contributed by atoms with E-state index in [1.807, 2.05) is 0 Å². The average molecular weight is 823 g/mol. The Balaban J connectivity index is 1.00. The van der Waals surface area contributed by atoms with Crippen molar-refractivity contribution in [2.45, 2.75) is 57.3 Å². The first-order chi connectivity index (χ1) is 31.3. The van der Waals surface area contributed by atoms with Crippen molar-refractivity contribution in [1.82, 2.24) is 0 Å². The predicted octanol–water partition coefficient (Wildman–Crippen LogP) is 15.8. The van der Waals surface area contributed by atoms with Crippen LogP contribution in [-0.4, -0.2) is 5.71 Å². The first kappa shape index (κ1) is 38.4. The van der Waals surface area contributed by atoms with Crippen molar-refractivity contribution in [1.29, 1.82) is 0 Å². The van der Waals surface area contributed by atoms with Crippen LogP contribution in [0.25, 0.3) is 33.5 Å². The van der Waals surface area contributed by atoms with Crippen LogP contribution in [0.3, 0.4) is 0 Å². The van der Waals surface area contributed by atoms with E-state index in [1.165, 1.54) is 100 Å². The van der Waals surface area contributed by atoms with Gasteiger partial charge in [-0.15, -0.1) is 0 Å². The summed E-state index contributed by atoms with van der Waals surface area (Å²) in [5, 5.41) is 2.68. The van der Waals surface area contributed by atoms with E-state index in [-0.39, 0.29) is 17.3 Å². The van der Waals surface area contributed by atoms with Gasteiger partial charge in [-0.3, -0.25) is 0 Å². The van der Waals surface area contributed by atoms with Gasteiger partial charge in [0, 0.05) is 40.9 Å². The Morgan fingerprint density at radius 1 is 0.656 bits per heavy atom. The molecule has 12 rings (SSSR count). The summed E-state index contributed by atoms with van der Waals surface area (Å²) in [5.41, 5.74) is 24.2. The van der Waals surface area contributed by atoms with Gasteiger partial charge >= 0.3 is 0 Å². The lowest BCUT2D eigenvalue weighted by molar-refractivity contribution is 0.422. The summed E-state index contributed by atoms with van der Waals surface area (Å²) in [6.45, 7) is 11.9. The van der Waals surface area contributed by atoms with Crippen LogP contribution in [0.15, 0.2) is 205 Å². The molecule has 2 heteroatoms. The molecule has 0 amide bonds. The molecule has 8 aromatic rings. The SMILES string of the molecule is C=C(N=C(/C=C(\C)c1ccccc1)c1ccccc1)C1=Cc2c(c3c(c4ccccc24)C2C(c4ccccc4-3)c3ccc(N4c5ccccc5Cc5ccccc54)cc3C2(C)C)CC1. The fourth-order valence-electron chi connectivity index (χ4n) is 11.8. The van der Waals surface area contributed by atoms with Crippen LogP contribution in [0, 0.1) is 0 Å². The lowest BCUT2D eigenvalue weighted by Crippen LogP contribution is -2.29. The average Bonchev–Trinajstić information content (AvgIpc) is 3.58. The molecular weight excluding hydrogens is 773 g/mol. The highest BCUT2D eigenvalue weighted by molar-refractivity contribution is 6.13. The van der Waals surface area contributed by atoms with Gasteiger partial charge in [0.2, 0.25) is 0 Å². The van der Waals surface area contributed by atoms with Crippen molar-refractivity contribution >= 4 is 45.2 Å². The van der Waals surface area contributed by atoms with E-state index < -0.39 is 0 Å². The Bertz CT molecular complexity index is 3260. The van der Waals surface area contributed by atoms with Crippen LogP contribution in [0.4, 0.5) is 17.1 Å². The van der Waals surface area contributed by atoms with Crippen LogP contribution < -0.4 is 4.90 Å². The number of fused-ring (bicyclic) bond motifs is 15. The largest absolute Gasteiger partial charge is 0.310 e. The van der Waals surface area contributed by atoms with Crippen LogP contribution in [0.5, 0.6) is 0 Å². The summed E-state index contributed by atoms with van der Waals surface area (Å²) in [6.07, 6.45) is 7.40. The lowest BCUT2D eigenvalue weighted by Gasteiger charge is -2.41. The maximum absolute atomic E-state index is 5.34. The van der Waals surface area contributed by atoms with E-state index in [0.717, 1.165) is 36.2 Å². The van der Waals surface area contributed by atoms with Gasteiger partial charge in [0.1, 0.15) is 0 Å². The van der Waals surface area contributed by atoms with Crippen molar-refractivity contribution in [2.24, 2.45) is 4.99 Å². The molecule has 1 aliphatic heterocycles. The molecule has 0 bridgehead atoms. The quantitative estimate of drug-likeness (QED) is 0.153. The fraction of sp³-hybridized carbons (Fsp3) is 0.145. The molecule has 1 heterocycles. The maximum atomic E-state index is 5.34. The first-order valence-electron chi connectivity index (χ1n) is 22.9. The smallest absolute Gasteiger partial charge is 0.0711 e.